The van der Waals surface area contributed by atoms with Crippen molar-refractivity contribution in [1.29, 1.82) is 0 Å². The second-order valence-corrected chi connectivity index (χ2v) is 5.97. The number of methoxy groups -OCH3 is 1. The van der Waals surface area contributed by atoms with Crippen LogP contribution in [0, 0.1) is 6.92 Å². The Balaban J connectivity index is 2.17. The normalized spacial score (nSPS) is 14.8. The lowest BCUT2D eigenvalue weighted by Gasteiger charge is -2.22. The topological polar surface area (TPSA) is 9.23 Å². The first-order valence-corrected chi connectivity index (χ1v) is 7.87. The number of hydrogen-bond acceptors (Lipinski definition) is 1. The van der Waals surface area contributed by atoms with Crippen molar-refractivity contribution in [2.75, 3.05) is 7.11 Å². The van der Waals surface area contributed by atoms with Crippen molar-refractivity contribution in [3.05, 3.63) is 82.1 Å². The molecule has 2 heteroatoms. The molecule has 0 aromatic heterocycles. The fraction of sp³-hybridized carbons (Fsp3) is 0.200. The van der Waals surface area contributed by atoms with Crippen LogP contribution in [0.5, 0.6) is 0 Å². The fourth-order valence-electron chi connectivity index (χ4n) is 2.89. The van der Waals surface area contributed by atoms with Crippen LogP contribution in [0.1, 0.15) is 29.5 Å². The highest BCUT2D eigenvalue weighted by Gasteiger charge is 2.19. The highest BCUT2D eigenvalue weighted by Crippen LogP contribution is 2.39. The van der Waals surface area contributed by atoms with E-state index < -0.39 is 0 Å². The molecule has 2 aromatic carbocycles. The maximum Gasteiger partial charge on any atom is 0.123 e. The predicted molar refractivity (Wildman–Crippen MR) is 93.8 cm³/mol. The first-order valence-electron chi connectivity index (χ1n) is 7.49. The number of hydrogen-bond donors (Lipinski definition) is 0. The van der Waals surface area contributed by atoms with Crippen molar-refractivity contribution in [2.45, 2.75) is 19.8 Å². The second kappa shape index (κ2) is 6.41. The summed E-state index contributed by atoms with van der Waals surface area (Å²) in [5, 5.41) is 0.750. The van der Waals surface area contributed by atoms with Gasteiger partial charge in [0.2, 0.25) is 0 Å². The highest BCUT2D eigenvalue weighted by atomic mass is 35.5. The molecule has 0 fully saturated rings. The minimum absolute atomic E-state index is 0.750. The summed E-state index contributed by atoms with van der Waals surface area (Å²) in [5.74, 6) is 0.948. The Morgan fingerprint density at radius 1 is 0.909 bits per heavy atom. The van der Waals surface area contributed by atoms with Gasteiger partial charge in [-0.25, -0.2) is 0 Å². The molecule has 112 valence electrons. The van der Waals surface area contributed by atoms with Crippen LogP contribution in [0.15, 0.2) is 60.4 Å². The van der Waals surface area contributed by atoms with Crippen molar-refractivity contribution in [3.63, 3.8) is 0 Å². The number of ether oxygens (including phenoxy) is 1. The summed E-state index contributed by atoms with van der Waals surface area (Å²) in [6.45, 7) is 2.11. The van der Waals surface area contributed by atoms with Crippen LogP contribution >= 0.6 is 11.6 Å². The molecule has 3 rings (SSSR count). The van der Waals surface area contributed by atoms with Gasteiger partial charge in [-0.15, -0.1) is 0 Å². The van der Waals surface area contributed by atoms with Gasteiger partial charge in [-0.1, -0.05) is 53.6 Å². The van der Waals surface area contributed by atoms with Gasteiger partial charge in [0, 0.05) is 10.6 Å². The van der Waals surface area contributed by atoms with Crippen LogP contribution in [0.25, 0.3) is 11.1 Å². The van der Waals surface area contributed by atoms with Gasteiger partial charge in [0.05, 0.1) is 7.11 Å². The molecule has 0 atom stereocenters. The summed E-state index contributed by atoms with van der Waals surface area (Å²) in [6.07, 6.45) is 4.19. The average Bonchev–Trinajstić information content (AvgIpc) is 2.56. The van der Waals surface area contributed by atoms with E-state index >= 15 is 0 Å². The number of benzene rings is 2. The maximum absolute atomic E-state index is 6.03. The van der Waals surface area contributed by atoms with Gasteiger partial charge in [0.25, 0.3) is 0 Å². The molecule has 2 aromatic rings. The lowest BCUT2D eigenvalue weighted by Crippen LogP contribution is -2.03. The molecule has 0 radical (unpaired) electrons. The van der Waals surface area contributed by atoms with E-state index in [1.165, 1.54) is 22.3 Å². The summed E-state index contributed by atoms with van der Waals surface area (Å²) >= 11 is 6.03. The quantitative estimate of drug-likeness (QED) is 0.687. The van der Waals surface area contributed by atoms with E-state index in [1.807, 2.05) is 12.1 Å². The van der Waals surface area contributed by atoms with E-state index in [0.717, 1.165) is 29.2 Å². The van der Waals surface area contributed by atoms with Crippen LogP contribution in [-0.4, -0.2) is 7.11 Å². The molecule has 1 aliphatic rings. The van der Waals surface area contributed by atoms with Crippen molar-refractivity contribution in [2.24, 2.45) is 0 Å². The SMILES string of the molecule is COC1=CCCC(c2ccc(C)cc2)=C1c1ccc(Cl)cc1. The summed E-state index contributed by atoms with van der Waals surface area (Å²) in [7, 11) is 1.74. The van der Waals surface area contributed by atoms with Crippen LogP contribution in [0.2, 0.25) is 5.02 Å². The van der Waals surface area contributed by atoms with Crippen LogP contribution in [0.4, 0.5) is 0 Å². The third-order valence-electron chi connectivity index (χ3n) is 4.03. The first kappa shape index (κ1) is 14.9. The predicted octanol–water partition coefficient (Wildman–Crippen LogP) is 5.88. The minimum atomic E-state index is 0.750. The van der Waals surface area contributed by atoms with Gasteiger partial charge in [0.1, 0.15) is 5.76 Å². The maximum atomic E-state index is 6.03. The number of rotatable bonds is 3. The third-order valence-corrected chi connectivity index (χ3v) is 4.28. The standard InChI is InChI=1S/C20H19ClO/c1-14-6-8-15(9-7-14)18-4-3-5-19(22-2)20(18)16-10-12-17(21)13-11-16/h5-13H,3-4H2,1-2H3. The van der Waals surface area contributed by atoms with Gasteiger partial charge in [-0.3, -0.25) is 0 Å². The average molecular weight is 311 g/mol. The van der Waals surface area contributed by atoms with E-state index in [0.29, 0.717) is 0 Å². The van der Waals surface area contributed by atoms with Gasteiger partial charge in [-0.2, -0.15) is 0 Å². The fourth-order valence-corrected chi connectivity index (χ4v) is 3.01. The molecule has 22 heavy (non-hydrogen) atoms. The number of aryl methyl sites for hydroxylation is 1. The summed E-state index contributed by atoms with van der Waals surface area (Å²) < 4.78 is 5.63. The van der Waals surface area contributed by atoms with Gasteiger partial charge < -0.3 is 4.74 Å². The molecule has 0 aliphatic heterocycles. The smallest absolute Gasteiger partial charge is 0.123 e. The summed E-state index contributed by atoms with van der Waals surface area (Å²) in [4.78, 5) is 0. The third kappa shape index (κ3) is 2.95. The highest BCUT2D eigenvalue weighted by molar-refractivity contribution is 6.30. The van der Waals surface area contributed by atoms with Crippen LogP contribution in [0.3, 0.4) is 0 Å². The molecule has 0 N–H and O–H groups in total. The summed E-state index contributed by atoms with van der Waals surface area (Å²) in [6, 6.07) is 16.7. The molecule has 1 aliphatic carbocycles. The second-order valence-electron chi connectivity index (χ2n) is 5.54. The zero-order chi connectivity index (χ0) is 15.5. The lowest BCUT2D eigenvalue weighted by molar-refractivity contribution is 0.308. The molecule has 0 bridgehead atoms. The van der Waals surface area contributed by atoms with E-state index in [9.17, 15) is 0 Å². The minimum Gasteiger partial charge on any atom is -0.496 e. The molecule has 0 unspecified atom stereocenters. The zero-order valence-corrected chi connectivity index (χ0v) is 13.7. The largest absolute Gasteiger partial charge is 0.496 e. The monoisotopic (exact) mass is 310 g/mol. The summed E-state index contributed by atoms with van der Waals surface area (Å²) in [5.41, 5.74) is 6.19. The Kier molecular flexibility index (Phi) is 4.35. The van der Waals surface area contributed by atoms with Crippen molar-refractivity contribution >= 4 is 22.7 Å². The van der Waals surface area contributed by atoms with E-state index in [4.69, 9.17) is 16.3 Å². The molecular formula is C20H19ClO. The van der Waals surface area contributed by atoms with Gasteiger partial charge >= 0.3 is 0 Å². The van der Waals surface area contributed by atoms with E-state index in [1.54, 1.807) is 7.11 Å². The number of halogens is 1. The van der Waals surface area contributed by atoms with E-state index in [-0.39, 0.29) is 0 Å². The Labute approximate surface area is 136 Å². The molecule has 0 saturated heterocycles. The lowest BCUT2D eigenvalue weighted by atomic mass is 9.86. The zero-order valence-electron chi connectivity index (χ0n) is 12.9. The number of allylic oxidation sites excluding steroid dienone is 3. The Morgan fingerprint density at radius 2 is 1.55 bits per heavy atom. The molecule has 0 amide bonds. The van der Waals surface area contributed by atoms with Crippen LogP contribution < -0.4 is 0 Å². The molecule has 0 spiro atoms. The van der Waals surface area contributed by atoms with E-state index in [2.05, 4.69) is 49.4 Å². The Hall–Kier alpha value is -1.99. The molecule has 0 saturated carbocycles. The molecule has 1 nitrogen and oxygen atoms in total. The van der Waals surface area contributed by atoms with Gasteiger partial charge in [-0.05, 0) is 54.7 Å². The van der Waals surface area contributed by atoms with Crippen LogP contribution in [-0.2, 0) is 4.74 Å². The van der Waals surface area contributed by atoms with Crippen molar-refractivity contribution in [1.82, 2.24) is 0 Å². The van der Waals surface area contributed by atoms with Crippen molar-refractivity contribution < 1.29 is 4.74 Å². The molecular weight excluding hydrogens is 292 g/mol. The molecule has 0 heterocycles. The Morgan fingerprint density at radius 3 is 2.18 bits per heavy atom. The first-order chi connectivity index (χ1) is 10.7. The Bertz CT molecular complexity index is 721. The van der Waals surface area contributed by atoms with Crippen molar-refractivity contribution in [3.8, 4) is 0 Å². The van der Waals surface area contributed by atoms with Gasteiger partial charge in [0.15, 0.2) is 0 Å².